The van der Waals surface area contributed by atoms with Gasteiger partial charge in [-0.2, -0.15) is 0 Å². The van der Waals surface area contributed by atoms with Crippen LogP contribution in [-0.4, -0.2) is 16.9 Å². The molecule has 1 rings (SSSR count). The summed E-state index contributed by atoms with van der Waals surface area (Å²) in [4.78, 5) is 23.4. The number of hydrogen-bond donors (Lipinski definition) is 1. The van der Waals surface area contributed by atoms with Gasteiger partial charge in [0.05, 0.1) is 0 Å². The molecule has 1 unspecified atom stereocenters. The highest BCUT2D eigenvalue weighted by Gasteiger charge is 2.24. The zero-order valence-electron chi connectivity index (χ0n) is 14.0. The Morgan fingerprint density at radius 3 is 2.35 bits per heavy atom. The summed E-state index contributed by atoms with van der Waals surface area (Å²) in [6, 6.07) is 9.29. The Bertz CT molecular complexity index is 491. The van der Waals surface area contributed by atoms with Crippen LogP contribution in [0.25, 0.3) is 0 Å². The van der Waals surface area contributed by atoms with Crippen molar-refractivity contribution < 1.29 is 14.7 Å². The zero-order valence-corrected chi connectivity index (χ0v) is 14.0. The van der Waals surface area contributed by atoms with Crippen molar-refractivity contribution in [2.75, 3.05) is 0 Å². The molecular formula is C20H28O3. The third-order valence-electron chi connectivity index (χ3n) is 3.93. The van der Waals surface area contributed by atoms with E-state index in [1.54, 1.807) is 0 Å². The number of carboxylic acid groups (broad SMARTS) is 1. The number of carboxylic acids is 1. The maximum atomic E-state index is 12.1. The van der Waals surface area contributed by atoms with Crippen molar-refractivity contribution >= 4 is 11.8 Å². The lowest BCUT2D eigenvalue weighted by atomic mass is 9.95. The van der Waals surface area contributed by atoms with Crippen LogP contribution in [0.1, 0.15) is 57.4 Å². The number of carbonyl (C=O) groups excluding carboxylic acids is 1. The van der Waals surface area contributed by atoms with Crippen LogP contribution in [-0.2, 0) is 16.0 Å². The van der Waals surface area contributed by atoms with Crippen LogP contribution in [0.5, 0.6) is 0 Å². The second-order valence-corrected chi connectivity index (χ2v) is 5.94. The van der Waals surface area contributed by atoms with Gasteiger partial charge in [-0.25, -0.2) is 0 Å². The van der Waals surface area contributed by atoms with Crippen LogP contribution < -0.4 is 0 Å². The van der Waals surface area contributed by atoms with Gasteiger partial charge in [0.2, 0.25) is 0 Å². The quantitative estimate of drug-likeness (QED) is 0.342. The van der Waals surface area contributed by atoms with Gasteiger partial charge in [-0.1, -0.05) is 75.4 Å². The second-order valence-electron chi connectivity index (χ2n) is 5.94. The molecule has 3 nitrogen and oxygen atoms in total. The molecule has 1 N–H and O–H groups in total. The minimum absolute atomic E-state index is 0.246. The fourth-order valence-corrected chi connectivity index (χ4v) is 2.52. The first-order valence-electron chi connectivity index (χ1n) is 8.62. The zero-order chi connectivity index (χ0) is 16.9. The first-order valence-corrected chi connectivity index (χ1v) is 8.62. The van der Waals surface area contributed by atoms with Gasteiger partial charge in [-0.15, -0.1) is 0 Å². The summed E-state index contributed by atoms with van der Waals surface area (Å²) in [6.07, 6.45) is 11.6. The summed E-state index contributed by atoms with van der Waals surface area (Å²) in [7, 11) is 0. The van der Waals surface area contributed by atoms with Gasteiger partial charge in [-0.3, -0.25) is 9.59 Å². The summed E-state index contributed by atoms with van der Waals surface area (Å²) in [6.45, 7) is 2.20. The highest BCUT2D eigenvalue weighted by atomic mass is 16.4. The standard InChI is InChI=1S/C20H28O3/c1-2-3-4-5-6-7-8-12-15-19(21)18(20(22)23)16-17-13-10-9-11-14-17/h9-15,18H,2-8,16H2,1H3,(H,22,23)/b15-12+. The number of rotatable bonds is 12. The highest BCUT2D eigenvalue weighted by molar-refractivity contribution is 6.04. The molecular weight excluding hydrogens is 288 g/mol. The van der Waals surface area contributed by atoms with Crippen LogP contribution in [0.2, 0.25) is 0 Å². The van der Waals surface area contributed by atoms with E-state index in [0.29, 0.717) is 0 Å². The van der Waals surface area contributed by atoms with Crippen molar-refractivity contribution in [1.29, 1.82) is 0 Å². The molecule has 0 radical (unpaired) electrons. The molecule has 3 heteroatoms. The van der Waals surface area contributed by atoms with Gasteiger partial charge in [-0.05, 0) is 30.9 Å². The Labute approximate surface area is 139 Å². The third-order valence-corrected chi connectivity index (χ3v) is 3.93. The van der Waals surface area contributed by atoms with E-state index in [0.717, 1.165) is 18.4 Å². The molecule has 1 atom stereocenters. The average molecular weight is 316 g/mol. The maximum Gasteiger partial charge on any atom is 0.314 e. The molecule has 0 saturated heterocycles. The van der Waals surface area contributed by atoms with Gasteiger partial charge < -0.3 is 5.11 Å². The minimum Gasteiger partial charge on any atom is -0.481 e. The molecule has 0 aliphatic carbocycles. The van der Waals surface area contributed by atoms with E-state index in [-0.39, 0.29) is 12.2 Å². The van der Waals surface area contributed by atoms with Crippen molar-refractivity contribution in [2.45, 2.75) is 58.3 Å². The highest BCUT2D eigenvalue weighted by Crippen LogP contribution is 2.12. The molecule has 0 saturated carbocycles. The fraction of sp³-hybridized carbons (Fsp3) is 0.500. The summed E-state index contributed by atoms with van der Waals surface area (Å²) in [5.41, 5.74) is 0.873. The topological polar surface area (TPSA) is 54.4 Å². The van der Waals surface area contributed by atoms with E-state index < -0.39 is 11.9 Å². The normalized spacial score (nSPS) is 12.4. The van der Waals surface area contributed by atoms with Crippen molar-refractivity contribution in [3.05, 3.63) is 48.0 Å². The van der Waals surface area contributed by atoms with E-state index >= 15 is 0 Å². The molecule has 0 heterocycles. The van der Waals surface area contributed by atoms with Crippen molar-refractivity contribution in [2.24, 2.45) is 5.92 Å². The molecule has 0 spiro atoms. The lowest BCUT2D eigenvalue weighted by Crippen LogP contribution is -2.24. The largest absolute Gasteiger partial charge is 0.481 e. The number of ketones is 1. The van der Waals surface area contributed by atoms with Gasteiger partial charge in [0, 0.05) is 0 Å². The van der Waals surface area contributed by atoms with Gasteiger partial charge in [0.25, 0.3) is 0 Å². The number of unbranched alkanes of at least 4 members (excludes halogenated alkanes) is 6. The third kappa shape index (κ3) is 8.34. The first-order chi connectivity index (χ1) is 11.1. The first kappa shape index (κ1) is 19.1. The SMILES string of the molecule is CCCCCCCC/C=C/C(=O)C(Cc1ccccc1)C(=O)O. The van der Waals surface area contributed by atoms with Gasteiger partial charge in [0.15, 0.2) is 5.78 Å². The Kier molecular flexibility index (Phi) is 9.69. The summed E-state index contributed by atoms with van der Waals surface area (Å²) >= 11 is 0. The number of benzene rings is 1. The predicted octanol–water partition coefficient (Wildman–Crippen LogP) is 4.81. The lowest BCUT2D eigenvalue weighted by molar-refractivity contribution is -0.144. The van der Waals surface area contributed by atoms with Crippen LogP contribution in [0, 0.1) is 5.92 Å². The monoisotopic (exact) mass is 316 g/mol. The second kappa shape index (κ2) is 11.6. The molecule has 23 heavy (non-hydrogen) atoms. The number of aliphatic carboxylic acids is 1. The van der Waals surface area contributed by atoms with Crippen LogP contribution in [0.15, 0.2) is 42.5 Å². The molecule has 1 aromatic carbocycles. The number of allylic oxidation sites excluding steroid dienone is 2. The predicted molar refractivity (Wildman–Crippen MR) is 93.4 cm³/mol. The smallest absolute Gasteiger partial charge is 0.314 e. The summed E-state index contributed by atoms with van der Waals surface area (Å²) in [5, 5.41) is 9.27. The Balaban J connectivity index is 2.37. The molecule has 0 aromatic heterocycles. The molecule has 126 valence electrons. The summed E-state index contributed by atoms with van der Waals surface area (Å²) in [5.74, 6) is -2.35. The van der Waals surface area contributed by atoms with Crippen LogP contribution >= 0.6 is 0 Å². The molecule has 0 bridgehead atoms. The van der Waals surface area contributed by atoms with Crippen molar-refractivity contribution in [1.82, 2.24) is 0 Å². The van der Waals surface area contributed by atoms with E-state index in [9.17, 15) is 14.7 Å². The number of carbonyl (C=O) groups is 2. The molecule has 0 aliphatic heterocycles. The van der Waals surface area contributed by atoms with E-state index in [4.69, 9.17) is 0 Å². The minimum atomic E-state index is -1.05. The van der Waals surface area contributed by atoms with Crippen LogP contribution in [0.3, 0.4) is 0 Å². The van der Waals surface area contributed by atoms with E-state index in [1.165, 1.54) is 38.2 Å². The molecule has 0 fully saturated rings. The maximum absolute atomic E-state index is 12.1. The van der Waals surface area contributed by atoms with E-state index in [1.807, 2.05) is 36.4 Å². The molecule has 0 aliphatic rings. The van der Waals surface area contributed by atoms with E-state index in [2.05, 4.69) is 6.92 Å². The fourth-order valence-electron chi connectivity index (χ4n) is 2.52. The molecule has 0 amide bonds. The number of hydrogen-bond acceptors (Lipinski definition) is 2. The van der Waals surface area contributed by atoms with Crippen molar-refractivity contribution in [3.8, 4) is 0 Å². The van der Waals surface area contributed by atoms with Gasteiger partial charge in [0.1, 0.15) is 5.92 Å². The van der Waals surface area contributed by atoms with Crippen LogP contribution in [0.4, 0.5) is 0 Å². The lowest BCUT2D eigenvalue weighted by Gasteiger charge is -2.09. The average Bonchev–Trinajstić information content (AvgIpc) is 2.55. The molecule has 1 aromatic rings. The Morgan fingerprint density at radius 1 is 1.04 bits per heavy atom. The summed E-state index contributed by atoms with van der Waals surface area (Å²) < 4.78 is 0. The Hall–Kier alpha value is -1.90. The van der Waals surface area contributed by atoms with Crippen molar-refractivity contribution in [3.63, 3.8) is 0 Å². The Morgan fingerprint density at radius 2 is 1.70 bits per heavy atom. The van der Waals surface area contributed by atoms with Gasteiger partial charge >= 0.3 is 5.97 Å².